The van der Waals surface area contributed by atoms with Crippen LogP contribution in [0.25, 0.3) is 5.57 Å². The molecule has 1 heterocycles. The number of esters is 1. The summed E-state index contributed by atoms with van der Waals surface area (Å²) in [6.45, 7) is 8.99. The number of nitrogens with zero attached hydrogens (tertiary/aromatic N) is 1. The molecular formula is C27H31ClN2O4. The van der Waals surface area contributed by atoms with Crippen LogP contribution in [0.3, 0.4) is 0 Å². The van der Waals surface area contributed by atoms with Crippen LogP contribution in [0.1, 0.15) is 54.0 Å². The van der Waals surface area contributed by atoms with Gasteiger partial charge in [-0.25, -0.2) is 4.79 Å². The van der Waals surface area contributed by atoms with Crippen LogP contribution in [0.15, 0.2) is 54.6 Å². The molecule has 34 heavy (non-hydrogen) atoms. The first-order valence-electron chi connectivity index (χ1n) is 11.3. The fraction of sp³-hybridized carbons (Fsp3) is 0.370. The molecule has 1 N–H and O–H groups in total. The minimum atomic E-state index is -0.699. The summed E-state index contributed by atoms with van der Waals surface area (Å²) in [6, 6.07) is 13.3. The van der Waals surface area contributed by atoms with Crippen LogP contribution in [0.4, 0.5) is 0 Å². The van der Waals surface area contributed by atoms with Crippen LogP contribution < -0.4 is 5.32 Å². The number of halogens is 1. The molecule has 0 aromatic heterocycles. The topological polar surface area (TPSA) is 75.7 Å². The maximum absolute atomic E-state index is 13.5. The lowest BCUT2D eigenvalue weighted by Crippen LogP contribution is -2.54. The Hall–Kier alpha value is -3.12. The fourth-order valence-corrected chi connectivity index (χ4v) is 4.38. The predicted octanol–water partition coefficient (Wildman–Crippen LogP) is 4.83. The first-order chi connectivity index (χ1) is 16.0. The minimum absolute atomic E-state index is 0.120. The highest BCUT2D eigenvalue weighted by atomic mass is 35.5. The van der Waals surface area contributed by atoms with Crippen molar-refractivity contribution in [1.29, 1.82) is 0 Å². The van der Waals surface area contributed by atoms with Gasteiger partial charge in [-0.1, -0.05) is 63.6 Å². The van der Waals surface area contributed by atoms with Crippen molar-refractivity contribution in [1.82, 2.24) is 10.2 Å². The Kier molecular flexibility index (Phi) is 7.82. The van der Waals surface area contributed by atoms with E-state index in [9.17, 15) is 14.4 Å². The number of rotatable bonds is 6. The number of hydrogen-bond donors (Lipinski definition) is 1. The molecule has 0 aliphatic carbocycles. The quantitative estimate of drug-likeness (QED) is 0.598. The second-order valence-corrected chi connectivity index (χ2v) is 9.93. The first-order valence-corrected chi connectivity index (χ1v) is 11.7. The summed E-state index contributed by atoms with van der Waals surface area (Å²) in [5.74, 6) is -1.19. The normalized spacial score (nSPS) is 16.0. The summed E-state index contributed by atoms with van der Waals surface area (Å²) >= 11 is 6.04. The van der Waals surface area contributed by atoms with E-state index in [0.29, 0.717) is 23.7 Å². The molecule has 1 unspecified atom stereocenters. The lowest BCUT2D eigenvalue weighted by atomic mass is 9.77. The molecule has 3 rings (SSSR count). The second-order valence-electron chi connectivity index (χ2n) is 9.49. The van der Waals surface area contributed by atoms with Crippen molar-refractivity contribution in [2.75, 3.05) is 20.2 Å². The van der Waals surface area contributed by atoms with Crippen LogP contribution >= 0.6 is 11.6 Å². The summed E-state index contributed by atoms with van der Waals surface area (Å²) in [5, 5.41) is 3.56. The first kappa shape index (κ1) is 25.5. The van der Waals surface area contributed by atoms with Gasteiger partial charge in [-0.15, -0.1) is 0 Å². The number of amides is 2. The Morgan fingerprint density at radius 1 is 1.06 bits per heavy atom. The van der Waals surface area contributed by atoms with Gasteiger partial charge >= 0.3 is 5.97 Å². The largest absolute Gasteiger partial charge is 0.465 e. The third-order valence-electron chi connectivity index (χ3n) is 6.06. The predicted molar refractivity (Wildman–Crippen MR) is 134 cm³/mol. The van der Waals surface area contributed by atoms with Gasteiger partial charge in [-0.2, -0.15) is 0 Å². The molecule has 0 bridgehead atoms. The van der Waals surface area contributed by atoms with Crippen LogP contribution in [0.2, 0.25) is 5.02 Å². The van der Waals surface area contributed by atoms with E-state index in [-0.39, 0.29) is 22.8 Å². The van der Waals surface area contributed by atoms with Gasteiger partial charge in [0.05, 0.1) is 12.7 Å². The molecule has 7 heteroatoms. The van der Waals surface area contributed by atoms with Crippen LogP contribution in [-0.4, -0.2) is 48.9 Å². The van der Waals surface area contributed by atoms with Crippen molar-refractivity contribution in [3.8, 4) is 0 Å². The van der Waals surface area contributed by atoms with Gasteiger partial charge in [0.2, 0.25) is 5.91 Å². The number of hydrogen-bond acceptors (Lipinski definition) is 4. The average Bonchev–Trinajstić information content (AvgIpc) is 2.81. The summed E-state index contributed by atoms with van der Waals surface area (Å²) in [5.41, 5.74) is 2.55. The van der Waals surface area contributed by atoms with E-state index >= 15 is 0 Å². The van der Waals surface area contributed by atoms with E-state index in [4.69, 9.17) is 16.3 Å². The molecule has 180 valence electrons. The Labute approximate surface area is 205 Å². The number of methoxy groups -OCH3 is 1. The van der Waals surface area contributed by atoms with Gasteiger partial charge in [0.15, 0.2) is 0 Å². The Bertz CT molecular complexity index is 1110. The van der Waals surface area contributed by atoms with E-state index < -0.39 is 17.9 Å². The lowest BCUT2D eigenvalue weighted by Gasteiger charge is -2.40. The Morgan fingerprint density at radius 3 is 2.29 bits per heavy atom. The molecule has 0 saturated carbocycles. The third-order valence-corrected chi connectivity index (χ3v) is 6.32. The highest BCUT2D eigenvalue weighted by Crippen LogP contribution is 2.38. The van der Waals surface area contributed by atoms with Crippen LogP contribution in [0.5, 0.6) is 0 Å². The van der Waals surface area contributed by atoms with Gasteiger partial charge in [-0.05, 0) is 47.4 Å². The maximum Gasteiger partial charge on any atom is 0.337 e. The molecule has 0 radical (unpaired) electrons. The zero-order valence-corrected chi connectivity index (χ0v) is 21.0. The fourth-order valence-electron chi connectivity index (χ4n) is 4.25. The van der Waals surface area contributed by atoms with Crippen LogP contribution in [0, 0.1) is 11.3 Å². The molecule has 1 aliphatic heterocycles. The van der Waals surface area contributed by atoms with Crippen molar-refractivity contribution < 1.29 is 19.1 Å². The molecule has 1 aliphatic rings. The molecule has 2 amide bonds. The van der Waals surface area contributed by atoms with E-state index in [0.717, 1.165) is 11.1 Å². The summed E-state index contributed by atoms with van der Waals surface area (Å²) in [4.78, 5) is 40.0. The third kappa shape index (κ3) is 5.68. The van der Waals surface area contributed by atoms with E-state index in [1.807, 2.05) is 38.1 Å². The van der Waals surface area contributed by atoms with Crippen molar-refractivity contribution in [2.45, 2.75) is 33.7 Å². The molecule has 2 aromatic carbocycles. The van der Waals surface area contributed by atoms with Gasteiger partial charge in [-0.3, -0.25) is 9.59 Å². The number of nitrogens with one attached hydrogen (secondary N) is 1. The van der Waals surface area contributed by atoms with Crippen molar-refractivity contribution >= 4 is 35.0 Å². The SMILES string of the molecule is COC(=O)c1cccc(C(=O)NC(C(=O)N2CC=C(c3ccc(Cl)cc3)C(C)(C)C2)C(C)C)c1. The smallest absolute Gasteiger partial charge is 0.337 e. The monoisotopic (exact) mass is 482 g/mol. The maximum atomic E-state index is 13.5. The molecule has 0 fully saturated rings. The highest BCUT2D eigenvalue weighted by molar-refractivity contribution is 6.30. The van der Waals surface area contributed by atoms with Crippen molar-refractivity contribution in [3.63, 3.8) is 0 Å². The zero-order valence-electron chi connectivity index (χ0n) is 20.2. The van der Waals surface area contributed by atoms with Gasteiger partial charge in [0.25, 0.3) is 5.91 Å². The Morgan fingerprint density at radius 2 is 1.71 bits per heavy atom. The lowest BCUT2D eigenvalue weighted by molar-refractivity contribution is -0.135. The van der Waals surface area contributed by atoms with E-state index in [1.54, 1.807) is 23.1 Å². The zero-order chi connectivity index (χ0) is 25.0. The molecular weight excluding hydrogens is 452 g/mol. The summed E-state index contributed by atoms with van der Waals surface area (Å²) < 4.78 is 4.73. The van der Waals surface area contributed by atoms with Gasteiger partial charge < -0.3 is 15.0 Å². The summed E-state index contributed by atoms with van der Waals surface area (Å²) in [7, 11) is 1.29. The van der Waals surface area contributed by atoms with E-state index in [2.05, 4.69) is 25.2 Å². The number of ether oxygens (including phenoxy) is 1. The van der Waals surface area contributed by atoms with Gasteiger partial charge in [0, 0.05) is 29.1 Å². The summed E-state index contributed by atoms with van der Waals surface area (Å²) in [6.07, 6.45) is 2.07. The minimum Gasteiger partial charge on any atom is -0.465 e. The molecule has 6 nitrogen and oxygen atoms in total. The second kappa shape index (κ2) is 10.4. The molecule has 0 spiro atoms. The van der Waals surface area contributed by atoms with Gasteiger partial charge in [0.1, 0.15) is 6.04 Å². The average molecular weight is 483 g/mol. The molecule has 0 saturated heterocycles. The van der Waals surface area contributed by atoms with E-state index in [1.165, 1.54) is 13.2 Å². The molecule has 2 aromatic rings. The number of carbonyl (C=O) groups is 3. The van der Waals surface area contributed by atoms with Crippen LogP contribution in [-0.2, 0) is 9.53 Å². The van der Waals surface area contributed by atoms with Crippen molar-refractivity contribution in [2.24, 2.45) is 11.3 Å². The highest BCUT2D eigenvalue weighted by Gasteiger charge is 2.36. The molecule has 1 atom stereocenters. The number of benzene rings is 2. The van der Waals surface area contributed by atoms with Crippen molar-refractivity contribution in [3.05, 3.63) is 76.3 Å². The number of carbonyl (C=O) groups excluding carboxylic acids is 3. The standard InChI is InChI=1S/C27H31ClN2O4/c1-17(2)23(29-24(31)19-7-6-8-20(15-19)26(33)34-5)25(32)30-14-13-22(27(3,4)16-30)18-9-11-21(28)12-10-18/h6-13,15,17,23H,14,16H2,1-5H3,(H,29,31). The Balaban J connectivity index is 1.78.